The normalized spacial score (nSPS) is 12.0. The number of carbonyl (C=O) groups excluding carboxylic acids is 1. The van der Waals surface area contributed by atoms with Crippen LogP contribution in [0.25, 0.3) is 0 Å². The van der Waals surface area contributed by atoms with Crippen LogP contribution in [0.5, 0.6) is 5.88 Å². The molecular weight excluding hydrogens is 347 g/mol. The summed E-state index contributed by atoms with van der Waals surface area (Å²) in [6, 6.07) is 6.80. The third-order valence-electron chi connectivity index (χ3n) is 3.75. The Morgan fingerprint density at radius 1 is 1.12 bits per heavy atom. The zero-order valence-electron chi connectivity index (χ0n) is 13.9. The molecule has 1 atom stereocenters. The van der Waals surface area contributed by atoms with E-state index in [0.29, 0.717) is 11.3 Å². The summed E-state index contributed by atoms with van der Waals surface area (Å²) < 4.78 is 46.2. The van der Waals surface area contributed by atoms with Crippen LogP contribution in [0, 0.1) is 24.4 Å². The smallest absolute Gasteiger partial charge is 0.363 e. The first-order chi connectivity index (χ1) is 12.3. The minimum Gasteiger partial charge on any atom is -0.403 e. The lowest BCUT2D eigenvalue weighted by Crippen LogP contribution is -2.16. The Hall–Kier alpha value is -3.16. The summed E-state index contributed by atoms with van der Waals surface area (Å²) in [7, 11) is 0. The van der Waals surface area contributed by atoms with Crippen LogP contribution in [0.1, 0.15) is 34.7 Å². The molecule has 8 heteroatoms. The highest BCUT2D eigenvalue weighted by Gasteiger charge is 2.20. The van der Waals surface area contributed by atoms with E-state index < -0.39 is 29.5 Å². The quantitative estimate of drug-likeness (QED) is 0.663. The van der Waals surface area contributed by atoms with Crippen LogP contribution >= 0.6 is 0 Å². The fourth-order valence-corrected chi connectivity index (χ4v) is 2.40. The Kier molecular flexibility index (Phi) is 4.75. The molecule has 1 aromatic carbocycles. The molecule has 0 bridgehead atoms. The number of benzene rings is 1. The first-order valence-electron chi connectivity index (χ1n) is 7.70. The second-order valence-electron chi connectivity index (χ2n) is 5.67. The van der Waals surface area contributed by atoms with E-state index in [1.165, 1.54) is 22.9 Å². The molecule has 0 aliphatic heterocycles. The lowest BCUT2D eigenvalue weighted by molar-refractivity contribution is 0.0710. The number of carbonyl (C=O) groups is 1. The molecule has 0 saturated carbocycles. The van der Waals surface area contributed by atoms with E-state index >= 15 is 0 Å². The van der Waals surface area contributed by atoms with Gasteiger partial charge in [-0.2, -0.15) is 5.10 Å². The molecule has 0 radical (unpaired) electrons. The van der Waals surface area contributed by atoms with E-state index in [1.54, 1.807) is 13.8 Å². The molecular formula is C18H14F3N3O2. The van der Waals surface area contributed by atoms with E-state index in [0.717, 1.165) is 24.4 Å². The predicted octanol–water partition coefficient (Wildman–Crippen LogP) is 3.83. The van der Waals surface area contributed by atoms with Crippen LogP contribution in [-0.4, -0.2) is 20.7 Å². The maximum Gasteiger partial charge on any atom is 0.363 e. The van der Waals surface area contributed by atoms with E-state index in [2.05, 4.69) is 10.1 Å². The van der Waals surface area contributed by atoms with Crippen LogP contribution in [-0.2, 0) is 0 Å². The fourth-order valence-electron chi connectivity index (χ4n) is 2.40. The number of pyridine rings is 1. The molecule has 0 N–H and O–H groups in total. The Bertz CT molecular complexity index is 955. The summed E-state index contributed by atoms with van der Waals surface area (Å²) in [4.78, 5) is 15.9. The fraction of sp³-hybridized carbons (Fsp3) is 0.167. The van der Waals surface area contributed by atoms with Crippen LogP contribution < -0.4 is 4.74 Å². The van der Waals surface area contributed by atoms with Gasteiger partial charge in [0.2, 0.25) is 5.88 Å². The van der Waals surface area contributed by atoms with E-state index in [9.17, 15) is 18.0 Å². The standard InChI is InChI=1S/C18H14F3N3O2/c1-10-7-17(26-18(25)16-6-4-13(19)9-22-16)24(23-10)11(2)12-3-5-14(20)15(21)8-12/h3-9,11H,1-2H3. The van der Waals surface area contributed by atoms with E-state index in [-0.39, 0.29) is 11.6 Å². The molecule has 0 aliphatic rings. The number of halogens is 3. The SMILES string of the molecule is Cc1cc(OC(=O)c2ccc(F)cn2)n(C(C)c2ccc(F)c(F)c2)n1. The molecule has 5 nitrogen and oxygen atoms in total. The van der Waals surface area contributed by atoms with Gasteiger partial charge in [0, 0.05) is 6.07 Å². The van der Waals surface area contributed by atoms with Gasteiger partial charge in [-0.1, -0.05) is 6.07 Å². The highest BCUT2D eigenvalue weighted by molar-refractivity contribution is 5.88. The van der Waals surface area contributed by atoms with Gasteiger partial charge in [0.25, 0.3) is 0 Å². The lowest BCUT2D eigenvalue weighted by atomic mass is 10.1. The number of aromatic nitrogens is 3. The minimum absolute atomic E-state index is 0.0720. The summed E-state index contributed by atoms with van der Waals surface area (Å²) in [6.45, 7) is 3.40. The third-order valence-corrected chi connectivity index (χ3v) is 3.75. The Morgan fingerprint density at radius 2 is 1.88 bits per heavy atom. The molecule has 3 rings (SSSR count). The topological polar surface area (TPSA) is 57.0 Å². The second-order valence-corrected chi connectivity index (χ2v) is 5.67. The number of hydrogen-bond acceptors (Lipinski definition) is 4. The van der Waals surface area contributed by atoms with Gasteiger partial charge in [-0.25, -0.2) is 27.6 Å². The van der Waals surface area contributed by atoms with Crippen LogP contribution in [0.4, 0.5) is 13.2 Å². The van der Waals surface area contributed by atoms with Gasteiger partial charge >= 0.3 is 5.97 Å². The van der Waals surface area contributed by atoms with Gasteiger partial charge in [0.15, 0.2) is 11.6 Å². The van der Waals surface area contributed by atoms with Crippen molar-refractivity contribution in [2.24, 2.45) is 0 Å². The summed E-state index contributed by atoms with van der Waals surface area (Å²) in [5.41, 5.74) is 0.941. The number of ether oxygens (including phenoxy) is 1. The first kappa shape index (κ1) is 17.7. The molecule has 26 heavy (non-hydrogen) atoms. The monoisotopic (exact) mass is 361 g/mol. The summed E-state index contributed by atoms with van der Waals surface area (Å²) in [6.07, 6.45) is 0.906. The van der Waals surface area contributed by atoms with Crippen molar-refractivity contribution >= 4 is 5.97 Å². The van der Waals surface area contributed by atoms with Crippen molar-refractivity contribution < 1.29 is 22.7 Å². The van der Waals surface area contributed by atoms with Crippen molar-refractivity contribution in [2.45, 2.75) is 19.9 Å². The zero-order chi connectivity index (χ0) is 18.8. The summed E-state index contributed by atoms with van der Waals surface area (Å²) in [5.74, 6) is -3.19. The van der Waals surface area contributed by atoms with Crippen molar-refractivity contribution in [3.8, 4) is 5.88 Å². The van der Waals surface area contributed by atoms with Crippen LogP contribution in [0.3, 0.4) is 0 Å². The molecule has 0 fully saturated rings. The van der Waals surface area contributed by atoms with Crippen molar-refractivity contribution in [2.75, 3.05) is 0 Å². The zero-order valence-corrected chi connectivity index (χ0v) is 13.9. The average Bonchev–Trinajstić information content (AvgIpc) is 2.97. The number of rotatable bonds is 4. The van der Waals surface area contributed by atoms with Gasteiger partial charge in [-0.15, -0.1) is 0 Å². The molecule has 0 amide bonds. The largest absolute Gasteiger partial charge is 0.403 e. The number of hydrogen-bond donors (Lipinski definition) is 0. The van der Waals surface area contributed by atoms with Crippen molar-refractivity contribution in [1.29, 1.82) is 0 Å². The molecule has 2 heterocycles. The van der Waals surface area contributed by atoms with Gasteiger partial charge < -0.3 is 4.74 Å². The predicted molar refractivity (Wildman–Crippen MR) is 86.3 cm³/mol. The highest BCUT2D eigenvalue weighted by Crippen LogP contribution is 2.26. The Morgan fingerprint density at radius 3 is 2.54 bits per heavy atom. The number of esters is 1. The first-order valence-corrected chi connectivity index (χ1v) is 7.70. The molecule has 2 aromatic heterocycles. The van der Waals surface area contributed by atoms with Gasteiger partial charge in [-0.05, 0) is 43.7 Å². The minimum atomic E-state index is -0.979. The summed E-state index contributed by atoms with van der Waals surface area (Å²) in [5, 5.41) is 4.24. The molecule has 134 valence electrons. The second kappa shape index (κ2) is 6.99. The van der Waals surface area contributed by atoms with Gasteiger partial charge in [-0.3, -0.25) is 0 Å². The molecule has 0 saturated heterocycles. The molecule has 1 unspecified atom stereocenters. The molecule has 0 spiro atoms. The average molecular weight is 361 g/mol. The van der Waals surface area contributed by atoms with Crippen LogP contribution in [0.15, 0.2) is 42.6 Å². The molecule has 3 aromatic rings. The number of nitrogens with zero attached hydrogens (tertiary/aromatic N) is 3. The highest BCUT2D eigenvalue weighted by atomic mass is 19.2. The Labute approximate surface area is 147 Å². The maximum absolute atomic E-state index is 13.5. The maximum atomic E-state index is 13.5. The van der Waals surface area contributed by atoms with Crippen LogP contribution in [0.2, 0.25) is 0 Å². The lowest BCUT2D eigenvalue weighted by Gasteiger charge is -2.16. The van der Waals surface area contributed by atoms with Crippen molar-refractivity contribution in [1.82, 2.24) is 14.8 Å². The molecule has 0 aliphatic carbocycles. The summed E-state index contributed by atoms with van der Waals surface area (Å²) >= 11 is 0. The Balaban J connectivity index is 1.88. The van der Waals surface area contributed by atoms with E-state index in [4.69, 9.17) is 4.74 Å². The number of aryl methyl sites for hydroxylation is 1. The van der Waals surface area contributed by atoms with Crippen molar-refractivity contribution in [3.05, 3.63) is 77.0 Å². The van der Waals surface area contributed by atoms with Gasteiger partial charge in [0.1, 0.15) is 11.5 Å². The van der Waals surface area contributed by atoms with E-state index in [1.807, 2.05) is 0 Å². The third kappa shape index (κ3) is 3.58. The van der Waals surface area contributed by atoms with Crippen molar-refractivity contribution in [3.63, 3.8) is 0 Å². The van der Waals surface area contributed by atoms with Gasteiger partial charge in [0.05, 0.1) is 17.9 Å².